The van der Waals surface area contributed by atoms with E-state index in [2.05, 4.69) is 34.5 Å². The number of aromatic nitrogens is 2. The SMILES string of the molecule is C1CNCCOC1.CC.Cc1c[nH]c2ncc(C3CCCCC3)cc12.[HH]. The van der Waals surface area contributed by atoms with Crippen LogP contribution in [0.5, 0.6) is 0 Å². The lowest BCUT2D eigenvalue weighted by atomic mass is 9.84. The van der Waals surface area contributed by atoms with Crippen LogP contribution < -0.4 is 5.32 Å². The van der Waals surface area contributed by atoms with Crippen molar-refractivity contribution in [3.8, 4) is 0 Å². The molecule has 25 heavy (non-hydrogen) atoms. The van der Waals surface area contributed by atoms with Crippen molar-refractivity contribution in [3.05, 3.63) is 29.6 Å². The van der Waals surface area contributed by atoms with Crippen molar-refractivity contribution in [2.24, 2.45) is 0 Å². The molecule has 2 N–H and O–H groups in total. The Hall–Kier alpha value is -1.39. The van der Waals surface area contributed by atoms with E-state index in [1.165, 1.54) is 55.0 Å². The van der Waals surface area contributed by atoms with E-state index in [1.54, 1.807) is 0 Å². The summed E-state index contributed by atoms with van der Waals surface area (Å²) >= 11 is 0. The molecular weight excluding hydrogens is 310 g/mol. The smallest absolute Gasteiger partial charge is 0.137 e. The molecule has 4 rings (SSSR count). The summed E-state index contributed by atoms with van der Waals surface area (Å²) in [5.74, 6) is 0.750. The minimum absolute atomic E-state index is 0. The van der Waals surface area contributed by atoms with E-state index in [4.69, 9.17) is 4.74 Å². The Morgan fingerprint density at radius 2 is 1.88 bits per heavy atom. The first-order valence-electron chi connectivity index (χ1n) is 10.1. The van der Waals surface area contributed by atoms with E-state index in [9.17, 15) is 0 Å². The Balaban J connectivity index is 0.000000287. The molecule has 0 atom stereocenters. The van der Waals surface area contributed by atoms with Gasteiger partial charge in [0.05, 0.1) is 6.61 Å². The van der Waals surface area contributed by atoms with Crippen molar-refractivity contribution in [2.45, 2.75) is 65.2 Å². The number of nitrogens with one attached hydrogen (secondary N) is 2. The van der Waals surface area contributed by atoms with Crippen LogP contribution in [0.4, 0.5) is 0 Å². The lowest BCUT2D eigenvalue weighted by Gasteiger charge is -2.21. The largest absolute Gasteiger partial charge is 0.380 e. The molecule has 1 aliphatic carbocycles. The molecule has 4 heteroatoms. The molecule has 2 aromatic heterocycles. The lowest BCUT2D eigenvalue weighted by molar-refractivity contribution is 0.151. The fourth-order valence-electron chi connectivity index (χ4n) is 3.48. The number of aromatic amines is 1. The highest BCUT2D eigenvalue weighted by Crippen LogP contribution is 2.33. The van der Waals surface area contributed by atoms with Crippen molar-refractivity contribution in [2.75, 3.05) is 26.3 Å². The summed E-state index contributed by atoms with van der Waals surface area (Å²) in [7, 11) is 0. The summed E-state index contributed by atoms with van der Waals surface area (Å²) in [6.07, 6.45) is 12.1. The molecule has 142 valence electrons. The molecule has 1 saturated carbocycles. The molecule has 2 aromatic rings. The van der Waals surface area contributed by atoms with E-state index in [-0.39, 0.29) is 1.43 Å². The molecule has 0 amide bonds. The van der Waals surface area contributed by atoms with Gasteiger partial charge in [-0.25, -0.2) is 4.98 Å². The van der Waals surface area contributed by atoms with Gasteiger partial charge in [0.2, 0.25) is 0 Å². The number of hydrogen-bond donors (Lipinski definition) is 2. The van der Waals surface area contributed by atoms with E-state index in [0.29, 0.717) is 0 Å². The highest BCUT2D eigenvalue weighted by molar-refractivity contribution is 5.79. The minimum Gasteiger partial charge on any atom is -0.380 e. The van der Waals surface area contributed by atoms with Crippen LogP contribution in [0.2, 0.25) is 0 Å². The van der Waals surface area contributed by atoms with Crippen LogP contribution in [-0.4, -0.2) is 36.3 Å². The molecule has 0 bridgehead atoms. The zero-order valence-electron chi connectivity index (χ0n) is 16.2. The molecule has 3 heterocycles. The summed E-state index contributed by atoms with van der Waals surface area (Å²) in [6, 6.07) is 2.34. The van der Waals surface area contributed by atoms with Crippen LogP contribution in [0.3, 0.4) is 0 Å². The number of pyridine rings is 1. The summed E-state index contributed by atoms with van der Waals surface area (Å²) in [6.45, 7) is 10.1. The Bertz CT molecular complexity index is 589. The Morgan fingerprint density at radius 3 is 2.68 bits per heavy atom. The lowest BCUT2D eigenvalue weighted by Crippen LogP contribution is -2.15. The van der Waals surface area contributed by atoms with Crippen LogP contribution in [-0.2, 0) is 4.74 Å². The highest BCUT2D eigenvalue weighted by atomic mass is 16.5. The number of aryl methyl sites for hydroxylation is 1. The summed E-state index contributed by atoms with van der Waals surface area (Å²) in [5.41, 5.74) is 3.77. The summed E-state index contributed by atoms with van der Waals surface area (Å²) in [4.78, 5) is 7.73. The second-order valence-electron chi connectivity index (χ2n) is 6.69. The van der Waals surface area contributed by atoms with Gasteiger partial charge < -0.3 is 15.0 Å². The van der Waals surface area contributed by atoms with Gasteiger partial charge in [-0.05, 0) is 55.8 Å². The molecule has 1 aliphatic heterocycles. The van der Waals surface area contributed by atoms with Gasteiger partial charge in [-0.1, -0.05) is 33.1 Å². The van der Waals surface area contributed by atoms with Gasteiger partial charge in [0, 0.05) is 32.4 Å². The van der Waals surface area contributed by atoms with Gasteiger partial charge in [0.1, 0.15) is 5.65 Å². The van der Waals surface area contributed by atoms with E-state index in [0.717, 1.165) is 37.9 Å². The van der Waals surface area contributed by atoms with E-state index in [1.807, 2.05) is 20.0 Å². The number of nitrogens with zero attached hydrogens (tertiary/aromatic N) is 1. The van der Waals surface area contributed by atoms with Crippen molar-refractivity contribution in [1.82, 2.24) is 15.3 Å². The van der Waals surface area contributed by atoms with Crippen molar-refractivity contribution in [3.63, 3.8) is 0 Å². The topological polar surface area (TPSA) is 49.9 Å². The zero-order valence-corrected chi connectivity index (χ0v) is 16.2. The molecule has 4 nitrogen and oxygen atoms in total. The second kappa shape index (κ2) is 11.3. The van der Waals surface area contributed by atoms with Gasteiger partial charge in [0.25, 0.3) is 0 Å². The molecule has 0 aromatic carbocycles. The number of hydrogen-bond acceptors (Lipinski definition) is 3. The van der Waals surface area contributed by atoms with Gasteiger partial charge in [-0.15, -0.1) is 0 Å². The van der Waals surface area contributed by atoms with Gasteiger partial charge in [-0.2, -0.15) is 0 Å². The molecular formula is C21H37N3O. The maximum Gasteiger partial charge on any atom is 0.137 e. The average Bonchev–Trinajstić information content (AvgIpc) is 2.89. The van der Waals surface area contributed by atoms with Gasteiger partial charge in [0.15, 0.2) is 0 Å². The Morgan fingerprint density at radius 1 is 1.08 bits per heavy atom. The third-order valence-electron chi connectivity index (χ3n) is 4.90. The van der Waals surface area contributed by atoms with Crippen LogP contribution in [0.25, 0.3) is 11.0 Å². The fourth-order valence-corrected chi connectivity index (χ4v) is 3.48. The van der Waals surface area contributed by atoms with E-state index < -0.39 is 0 Å². The third kappa shape index (κ3) is 6.12. The van der Waals surface area contributed by atoms with Gasteiger partial charge in [-0.3, -0.25) is 0 Å². The maximum atomic E-state index is 5.13. The van der Waals surface area contributed by atoms with Crippen molar-refractivity contribution >= 4 is 11.0 Å². The minimum atomic E-state index is 0. The highest BCUT2D eigenvalue weighted by Gasteiger charge is 2.16. The van der Waals surface area contributed by atoms with Crippen molar-refractivity contribution < 1.29 is 6.16 Å². The average molecular weight is 348 g/mol. The predicted molar refractivity (Wildman–Crippen MR) is 108 cm³/mol. The zero-order chi connectivity index (χ0) is 17.9. The maximum absolute atomic E-state index is 5.13. The summed E-state index contributed by atoms with van der Waals surface area (Å²) < 4.78 is 5.13. The fraction of sp³-hybridized carbons (Fsp3) is 0.667. The van der Waals surface area contributed by atoms with E-state index >= 15 is 0 Å². The molecule has 0 unspecified atom stereocenters. The first kappa shape index (κ1) is 19.9. The predicted octanol–water partition coefficient (Wildman–Crippen LogP) is 5.19. The third-order valence-corrected chi connectivity index (χ3v) is 4.90. The molecule has 0 spiro atoms. The second-order valence-corrected chi connectivity index (χ2v) is 6.69. The van der Waals surface area contributed by atoms with Crippen molar-refractivity contribution in [1.29, 1.82) is 0 Å². The molecule has 1 saturated heterocycles. The first-order valence-corrected chi connectivity index (χ1v) is 10.1. The number of ether oxygens (including phenoxy) is 1. The van der Waals surface area contributed by atoms with Crippen LogP contribution in [0.1, 0.15) is 70.8 Å². The quantitative estimate of drug-likeness (QED) is 0.746. The Kier molecular flexibility index (Phi) is 8.98. The van der Waals surface area contributed by atoms with Gasteiger partial charge >= 0.3 is 0 Å². The molecule has 2 aliphatic rings. The monoisotopic (exact) mass is 347 g/mol. The van der Waals surface area contributed by atoms with Crippen LogP contribution >= 0.6 is 0 Å². The standard InChI is InChI=1S/C14H18N2.C5H11NO.C2H6.H2/c1-10-8-15-14-13(10)7-12(9-16-14)11-5-3-2-4-6-11;1-2-6-3-5-7-4-1;1-2;/h7-9,11H,2-6H2,1H3,(H,15,16);6H,1-5H2;1-2H3;1H. The normalized spacial score (nSPS) is 18.5. The molecule has 0 radical (unpaired) electrons. The number of fused-ring (bicyclic) bond motifs is 1. The summed E-state index contributed by atoms with van der Waals surface area (Å²) in [5, 5.41) is 4.52. The Labute approximate surface area is 154 Å². The first-order chi connectivity index (χ1) is 12.3. The number of H-pyrrole nitrogens is 1. The molecule has 2 fully saturated rings. The number of rotatable bonds is 1. The van der Waals surface area contributed by atoms with Crippen LogP contribution in [0, 0.1) is 6.92 Å². The van der Waals surface area contributed by atoms with Crippen LogP contribution in [0.15, 0.2) is 18.5 Å².